The minimum Gasteiger partial charge on any atom is -0.383 e. The Morgan fingerprint density at radius 2 is 1.79 bits per heavy atom. The van der Waals surface area contributed by atoms with Gasteiger partial charge in [0.2, 0.25) is 0 Å². The van der Waals surface area contributed by atoms with Crippen molar-refractivity contribution in [1.82, 2.24) is 4.57 Å². The quantitative estimate of drug-likeness (QED) is 0.657. The second-order valence-corrected chi connectivity index (χ2v) is 10.6. The summed E-state index contributed by atoms with van der Waals surface area (Å²) in [5.74, 6) is 2.35. The third-order valence-electron chi connectivity index (χ3n) is 7.07. The first-order chi connectivity index (χ1) is 14.0. The number of thiazole rings is 1. The Bertz CT molecular complexity index is 940. The molecule has 29 heavy (non-hydrogen) atoms. The van der Waals surface area contributed by atoms with Crippen LogP contribution < -0.4 is 4.80 Å². The van der Waals surface area contributed by atoms with E-state index in [-0.39, 0.29) is 11.3 Å². The molecule has 154 valence electrons. The van der Waals surface area contributed by atoms with Crippen LogP contribution in [0.3, 0.4) is 0 Å². The van der Waals surface area contributed by atoms with Gasteiger partial charge in [-0.2, -0.15) is 4.99 Å². The van der Waals surface area contributed by atoms with Crippen LogP contribution in [0.25, 0.3) is 10.4 Å². The van der Waals surface area contributed by atoms with Crippen LogP contribution in [0.15, 0.2) is 35.5 Å². The first kappa shape index (κ1) is 19.5. The lowest BCUT2D eigenvalue weighted by Gasteiger charge is -2.55. The van der Waals surface area contributed by atoms with Crippen LogP contribution in [0.2, 0.25) is 5.02 Å². The Morgan fingerprint density at radius 3 is 2.38 bits per heavy atom. The number of ether oxygens (including phenoxy) is 1. The van der Waals surface area contributed by atoms with Crippen LogP contribution in [0.5, 0.6) is 0 Å². The molecule has 1 aromatic carbocycles. The van der Waals surface area contributed by atoms with Crippen molar-refractivity contribution in [2.24, 2.45) is 28.2 Å². The fourth-order valence-electron chi connectivity index (χ4n) is 6.14. The lowest BCUT2D eigenvalue weighted by atomic mass is 9.49. The van der Waals surface area contributed by atoms with E-state index in [0.717, 1.165) is 57.3 Å². The van der Waals surface area contributed by atoms with Crippen LogP contribution in [-0.2, 0) is 16.1 Å². The molecule has 2 aromatic rings. The molecule has 0 saturated heterocycles. The summed E-state index contributed by atoms with van der Waals surface area (Å²) in [7, 11) is 1.70. The van der Waals surface area contributed by atoms with Crippen LogP contribution in [0, 0.1) is 23.2 Å². The average molecular weight is 431 g/mol. The molecule has 1 heterocycles. The van der Waals surface area contributed by atoms with E-state index in [1.807, 2.05) is 24.3 Å². The highest BCUT2D eigenvalue weighted by Crippen LogP contribution is 2.60. The first-order valence-corrected chi connectivity index (χ1v) is 11.8. The molecule has 0 unspecified atom stereocenters. The van der Waals surface area contributed by atoms with Gasteiger partial charge in [-0.15, -0.1) is 0 Å². The van der Waals surface area contributed by atoms with E-state index < -0.39 is 0 Å². The highest BCUT2D eigenvalue weighted by molar-refractivity contribution is 7.12. The van der Waals surface area contributed by atoms with E-state index in [2.05, 4.69) is 10.8 Å². The molecule has 4 nitrogen and oxygen atoms in total. The maximum Gasteiger partial charge on any atom is 0.254 e. The number of methoxy groups -OCH3 is 1. The minimum absolute atomic E-state index is 0.118. The summed E-state index contributed by atoms with van der Waals surface area (Å²) in [5, 5.41) is 0.722. The Kier molecular flexibility index (Phi) is 5.17. The summed E-state index contributed by atoms with van der Waals surface area (Å²) in [4.78, 5) is 20.1. The molecule has 4 saturated carbocycles. The lowest BCUT2D eigenvalue weighted by Crippen LogP contribution is -2.49. The number of hydrogen-bond acceptors (Lipinski definition) is 3. The number of benzene rings is 1. The van der Waals surface area contributed by atoms with Crippen LogP contribution >= 0.6 is 22.9 Å². The van der Waals surface area contributed by atoms with E-state index in [4.69, 9.17) is 21.3 Å². The zero-order valence-corrected chi connectivity index (χ0v) is 18.3. The number of carbonyl (C=O) groups is 1. The normalized spacial score (nSPS) is 30.8. The Hall–Kier alpha value is -1.43. The van der Waals surface area contributed by atoms with Crippen molar-refractivity contribution in [3.05, 3.63) is 40.3 Å². The molecule has 1 aromatic heterocycles. The number of hydrogen-bond donors (Lipinski definition) is 0. The van der Waals surface area contributed by atoms with Crippen molar-refractivity contribution in [1.29, 1.82) is 0 Å². The Balaban J connectivity index is 1.49. The van der Waals surface area contributed by atoms with E-state index in [9.17, 15) is 4.79 Å². The summed E-state index contributed by atoms with van der Waals surface area (Å²) in [5.41, 5.74) is 0.896. The average Bonchev–Trinajstić information content (AvgIpc) is 3.08. The van der Waals surface area contributed by atoms with Gasteiger partial charge in [-0.1, -0.05) is 35.1 Å². The molecule has 4 bridgehead atoms. The lowest BCUT2D eigenvalue weighted by molar-refractivity contribution is -0.142. The standard InChI is InChI=1S/C23H27ClN2O2S/c1-28-7-6-26-14-20(18-2-4-19(24)5-3-18)29-22(26)25-21(27)23-11-15-8-16(12-23)10-17(9-15)13-23/h2-5,14-17H,6-13H2,1H3. The minimum atomic E-state index is -0.196. The molecule has 4 fully saturated rings. The molecular weight excluding hydrogens is 404 g/mol. The number of aromatic nitrogens is 1. The summed E-state index contributed by atoms with van der Waals surface area (Å²) >= 11 is 7.62. The molecule has 0 N–H and O–H groups in total. The van der Waals surface area contributed by atoms with Gasteiger partial charge < -0.3 is 9.30 Å². The summed E-state index contributed by atoms with van der Waals surface area (Å²) < 4.78 is 7.34. The summed E-state index contributed by atoms with van der Waals surface area (Å²) in [6, 6.07) is 7.82. The first-order valence-electron chi connectivity index (χ1n) is 10.6. The maximum atomic E-state index is 13.5. The molecule has 1 amide bonds. The number of halogens is 1. The predicted octanol–water partition coefficient (Wildman–Crippen LogP) is 5.16. The molecule has 0 aliphatic heterocycles. The van der Waals surface area contributed by atoms with Crippen molar-refractivity contribution < 1.29 is 9.53 Å². The van der Waals surface area contributed by atoms with Gasteiger partial charge >= 0.3 is 0 Å². The number of rotatable bonds is 5. The maximum absolute atomic E-state index is 13.5. The van der Waals surface area contributed by atoms with Crippen molar-refractivity contribution >= 4 is 28.8 Å². The van der Waals surface area contributed by atoms with Gasteiger partial charge in [0.1, 0.15) is 0 Å². The van der Waals surface area contributed by atoms with Crippen molar-refractivity contribution in [2.45, 2.75) is 45.1 Å². The zero-order chi connectivity index (χ0) is 20.0. The second kappa shape index (κ2) is 7.68. The van der Waals surface area contributed by atoms with E-state index in [0.29, 0.717) is 13.2 Å². The predicted molar refractivity (Wildman–Crippen MR) is 116 cm³/mol. The van der Waals surface area contributed by atoms with Crippen LogP contribution in [0.4, 0.5) is 0 Å². The van der Waals surface area contributed by atoms with E-state index >= 15 is 0 Å². The molecule has 4 aliphatic carbocycles. The van der Waals surface area contributed by atoms with Gasteiger partial charge in [-0.05, 0) is 74.0 Å². The van der Waals surface area contributed by atoms with Crippen LogP contribution in [0.1, 0.15) is 38.5 Å². The van der Waals surface area contributed by atoms with Gasteiger partial charge in [0, 0.05) is 24.9 Å². The third kappa shape index (κ3) is 3.73. The summed E-state index contributed by atoms with van der Waals surface area (Å²) in [6.07, 6.45) is 9.23. The third-order valence-corrected chi connectivity index (χ3v) is 8.40. The molecular formula is C23H27ClN2O2S. The molecule has 0 atom stereocenters. The Morgan fingerprint density at radius 1 is 1.17 bits per heavy atom. The van der Waals surface area contributed by atoms with Gasteiger partial charge in [0.15, 0.2) is 4.80 Å². The van der Waals surface area contributed by atoms with Gasteiger partial charge in [0.05, 0.1) is 16.9 Å². The van der Waals surface area contributed by atoms with E-state index in [1.165, 1.54) is 19.3 Å². The van der Waals surface area contributed by atoms with Gasteiger partial charge in [-0.3, -0.25) is 4.79 Å². The largest absolute Gasteiger partial charge is 0.383 e. The SMILES string of the molecule is COCCn1cc(-c2ccc(Cl)cc2)sc1=NC(=O)C12CC3CC(CC(C3)C1)C2. The number of amides is 1. The monoisotopic (exact) mass is 430 g/mol. The smallest absolute Gasteiger partial charge is 0.254 e. The molecule has 0 radical (unpaired) electrons. The zero-order valence-electron chi connectivity index (χ0n) is 16.8. The van der Waals surface area contributed by atoms with Crippen molar-refractivity contribution in [3.63, 3.8) is 0 Å². The molecule has 6 rings (SSSR count). The topological polar surface area (TPSA) is 43.6 Å². The molecule has 4 aliphatic rings. The molecule has 6 heteroatoms. The number of carbonyl (C=O) groups excluding carboxylic acids is 1. The fourth-order valence-corrected chi connectivity index (χ4v) is 7.29. The van der Waals surface area contributed by atoms with E-state index in [1.54, 1.807) is 18.4 Å². The van der Waals surface area contributed by atoms with Crippen LogP contribution in [-0.4, -0.2) is 24.2 Å². The highest BCUT2D eigenvalue weighted by Gasteiger charge is 2.54. The fraction of sp³-hybridized carbons (Fsp3) is 0.565. The summed E-state index contributed by atoms with van der Waals surface area (Å²) in [6.45, 7) is 1.28. The second-order valence-electron chi connectivity index (χ2n) is 9.19. The van der Waals surface area contributed by atoms with Crippen molar-refractivity contribution in [3.8, 4) is 10.4 Å². The number of nitrogens with zero attached hydrogens (tertiary/aromatic N) is 2. The highest BCUT2D eigenvalue weighted by atomic mass is 35.5. The van der Waals surface area contributed by atoms with Crippen molar-refractivity contribution in [2.75, 3.05) is 13.7 Å². The Labute approximate surface area is 180 Å². The molecule has 0 spiro atoms. The van der Waals surface area contributed by atoms with Gasteiger partial charge in [-0.25, -0.2) is 0 Å². The van der Waals surface area contributed by atoms with Gasteiger partial charge in [0.25, 0.3) is 5.91 Å².